The molecule has 0 saturated carbocycles. The van der Waals surface area contributed by atoms with E-state index in [-0.39, 0.29) is 10.8 Å². The van der Waals surface area contributed by atoms with Gasteiger partial charge in [0.1, 0.15) is 11.6 Å². The first-order chi connectivity index (χ1) is 8.10. The van der Waals surface area contributed by atoms with Crippen molar-refractivity contribution < 1.29 is 9.50 Å². The highest BCUT2D eigenvalue weighted by atomic mass is 35.5. The summed E-state index contributed by atoms with van der Waals surface area (Å²) in [7, 11) is 0. The van der Waals surface area contributed by atoms with Gasteiger partial charge in [-0.15, -0.1) is 0 Å². The average molecular weight is 248 g/mol. The van der Waals surface area contributed by atoms with Crippen molar-refractivity contribution in [3.63, 3.8) is 0 Å². The van der Waals surface area contributed by atoms with Crippen LogP contribution >= 0.6 is 11.6 Å². The number of nitrogens with zero attached hydrogens (tertiary/aromatic N) is 1. The van der Waals surface area contributed by atoms with Crippen LogP contribution in [0.1, 0.15) is 5.56 Å². The molecule has 0 spiro atoms. The minimum Gasteiger partial charge on any atom is -0.508 e. The molecule has 0 heterocycles. The van der Waals surface area contributed by atoms with Crippen molar-refractivity contribution in [3.05, 3.63) is 52.8 Å². The molecule has 0 aliphatic heterocycles. The quantitative estimate of drug-likeness (QED) is 0.835. The fourth-order valence-corrected chi connectivity index (χ4v) is 1.70. The van der Waals surface area contributed by atoms with Gasteiger partial charge in [0.05, 0.1) is 16.7 Å². The first-order valence-electron chi connectivity index (χ1n) is 4.80. The van der Waals surface area contributed by atoms with Gasteiger partial charge in [-0.25, -0.2) is 4.39 Å². The second-order valence-electron chi connectivity index (χ2n) is 3.51. The van der Waals surface area contributed by atoms with Gasteiger partial charge in [-0.05, 0) is 41.5 Å². The van der Waals surface area contributed by atoms with Gasteiger partial charge in [0.25, 0.3) is 0 Å². The summed E-state index contributed by atoms with van der Waals surface area (Å²) in [5, 5.41) is 18.2. The minimum atomic E-state index is -0.504. The van der Waals surface area contributed by atoms with Crippen LogP contribution in [0.4, 0.5) is 4.39 Å². The van der Waals surface area contributed by atoms with Gasteiger partial charge in [-0.1, -0.05) is 17.7 Å². The summed E-state index contributed by atoms with van der Waals surface area (Å²) in [6.45, 7) is 0. The molecule has 1 N–H and O–H groups in total. The molecule has 2 rings (SSSR count). The molecule has 17 heavy (non-hydrogen) atoms. The second-order valence-corrected chi connectivity index (χ2v) is 3.92. The predicted octanol–water partition coefficient (Wildman–Crippen LogP) is 3.72. The molecular weight excluding hydrogens is 241 g/mol. The lowest BCUT2D eigenvalue weighted by atomic mass is 10.0. The Kier molecular flexibility index (Phi) is 2.99. The summed E-state index contributed by atoms with van der Waals surface area (Å²) in [6.07, 6.45) is 0. The van der Waals surface area contributed by atoms with Crippen molar-refractivity contribution in [3.8, 4) is 22.9 Å². The largest absolute Gasteiger partial charge is 0.508 e. The lowest BCUT2D eigenvalue weighted by molar-refractivity contribution is 0.475. The topological polar surface area (TPSA) is 44.0 Å². The van der Waals surface area contributed by atoms with Crippen LogP contribution in [0.2, 0.25) is 5.02 Å². The van der Waals surface area contributed by atoms with Gasteiger partial charge in [0, 0.05) is 0 Å². The molecule has 0 aliphatic carbocycles. The van der Waals surface area contributed by atoms with Gasteiger partial charge in [0.2, 0.25) is 0 Å². The van der Waals surface area contributed by atoms with Gasteiger partial charge in [-0.2, -0.15) is 5.26 Å². The molecule has 2 aromatic carbocycles. The van der Waals surface area contributed by atoms with Crippen molar-refractivity contribution in [2.45, 2.75) is 0 Å². The lowest BCUT2D eigenvalue weighted by Crippen LogP contribution is -1.83. The molecule has 0 unspecified atom stereocenters. The van der Waals surface area contributed by atoms with Crippen LogP contribution in [-0.2, 0) is 0 Å². The highest BCUT2D eigenvalue weighted by Gasteiger charge is 2.05. The Bertz CT molecular complexity index is 619. The third kappa shape index (κ3) is 2.38. The van der Waals surface area contributed by atoms with E-state index < -0.39 is 5.82 Å². The van der Waals surface area contributed by atoms with E-state index in [1.54, 1.807) is 6.07 Å². The van der Waals surface area contributed by atoms with E-state index >= 15 is 0 Å². The van der Waals surface area contributed by atoms with E-state index in [9.17, 15) is 9.50 Å². The first-order valence-corrected chi connectivity index (χ1v) is 5.17. The van der Waals surface area contributed by atoms with Crippen molar-refractivity contribution >= 4 is 11.6 Å². The summed E-state index contributed by atoms with van der Waals surface area (Å²) in [5.41, 5.74) is 1.59. The smallest absolute Gasteiger partial charge is 0.141 e. The molecule has 0 fully saturated rings. The van der Waals surface area contributed by atoms with E-state index in [1.807, 2.05) is 6.07 Å². The number of phenols is 1. The predicted molar refractivity (Wildman–Crippen MR) is 63.2 cm³/mol. The molecule has 0 aromatic heterocycles. The van der Waals surface area contributed by atoms with Crippen molar-refractivity contribution in [1.29, 1.82) is 5.26 Å². The lowest BCUT2D eigenvalue weighted by Gasteiger charge is -2.04. The standard InChI is InChI=1S/C13H7ClFNO/c14-12-6-9(1-2-13(12)15)10-3-8(7-16)4-11(17)5-10/h1-6,17H. The summed E-state index contributed by atoms with van der Waals surface area (Å²) in [4.78, 5) is 0. The molecule has 0 bridgehead atoms. The van der Waals surface area contributed by atoms with Gasteiger partial charge >= 0.3 is 0 Å². The van der Waals surface area contributed by atoms with E-state index in [1.165, 1.54) is 30.3 Å². The number of nitriles is 1. The molecular formula is C13H7ClFNO. The summed E-state index contributed by atoms with van der Waals surface area (Å²) in [6, 6.07) is 10.6. The Labute approximate surface area is 103 Å². The number of halogens is 2. The molecule has 0 amide bonds. The molecule has 0 radical (unpaired) electrons. The Morgan fingerprint density at radius 2 is 1.88 bits per heavy atom. The molecule has 4 heteroatoms. The van der Waals surface area contributed by atoms with Crippen LogP contribution in [0.5, 0.6) is 5.75 Å². The Morgan fingerprint density at radius 3 is 2.53 bits per heavy atom. The van der Waals surface area contributed by atoms with Gasteiger partial charge < -0.3 is 5.11 Å². The van der Waals surface area contributed by atoms with Crippen molar-refractivity contribution in [1.82, 2.24) is 0 Å². The van der Waals surface area contributed by atoms with Crippen LogP contribution in [0, 0.1) is 17.1 Å². The summed E-state index contributed by atoms with van der Waals surface area (Å²) >= 11 is 5.67. The summed E-state index contributed by atoms with van der Waals surface area (Å²) < 4.78 is 13.0. The normalized spacial score (nSPS) is 9.94. The summed E-state index contributed by atoms with van der Waals surface area (Å²) in [5.74, 6) is -0.518. The Morgan fingerprint density at radius 1 is 1.12 bits per heavy atom. The first kappa shape index (κ1) is 11.4. The van der Waals surface area contributed by atoms with Crippen molar-refractivity contribution in [2.75, 3.05) is 0 Å². The zero-order valence-corrected chi connectivity index (χ0v) is 9.37. The van der Waals surface area contributed by atoms with Crippen LogP contribution in [-0.4, -0.2) is 5.11 Å². The number of benzene rings is 2. The van der Waals surface area contributed by atoms with Gasteiger partial charge in [-0.3, -0.25) is 0 Å². The number of aromatic hydroxyl groups is 1. The molecule has 84 valence electrons. The van der Waals surface area contributed by atoms with E-state index in [2.05, 4.69) is 0 Å². The third-order valence-corrected chi connectivity index (χ3v) is 2.59. The zero-order chi connectivity index (χ0) is 12.4. The maximum atomic E-state index is 13.0. The van der Waals surface area contributed by atoms with Gasteiger partial charge in [0.15, 0.2) is 0 Å². The fourth-order valence-electron chi connectivity index (χ4n) is 1.52. The molecule has 0 aliphatic rings. The molecule has 2 nitrogen and oxygen atoms in total. The maximum absolute atomic E-state index is 13.0. The van der Waals surface area contributed by atoms with Crippen molar-refractivity contribution in [2.24, 2.45) is 0 Å². The average Bonchev–Trinajstić information content (AvgIpc) is 2.32. The highest BCUT2D eigenvalue weighted by molar-refractivity contribution is 6.31. The van der Waals surface area contributed by atoms with Crippen LogP contribution < -0.4 is 0 Å². The Balaban J connectivity index is 2.56. The SMILES string of the molecule is N#Cc1cc(O)cc(-c2ccc(F)c(Cl)c2)c1. The fraction of sp³-hybridized carbons (Fsp3) is 0. The molecule has 0 saturated heterocycles. The van der Waals surface area contributed by atoms with E-state index in [0.29, 0.717) is 16.7 Å². The van der Waals surface area contributed by atoms with Crippen LogP contribution in [0.25, 0.3) is 11.1 Å². The molecule has 0 atom stereocenters. The monoisotopic (exact) mass is 247 g/mol. The third-order valence-electron chi connectivity index (χ3n) is 2.30. The zero-order valence-electron chi connectivity index (χ0n) is 8.61. The van der Waals surface area contributed by atoms with Crippen LogP contribution in [0.3, 0.4) is 0 Å². The Hall–Kier alpha value is -2.05. The number of hydrogen-bond acceptors (Lipinski definition) is 2. The molecule has 2 aromatic rings. The number of rotatable bonds is 1. The number of hydrogen-bond donors (Lipinski definition) is 1. The second kappa shape index (κ2) is 4.44. The minimum absolute atomic E-state index is 0.00403. The van der Waals surface area contributed by atoms with E-state index in [4.69, 9.17) is 16.9 Å². The maximum Gasteiger partial charge on any atom is 0.141 e. The van der Waals surface area contributed by atoms with E-state index in [0.717, 1.165) is 0 Å². The highest BCUT2D eigenvalue weighted by Crippen LogP contribution is 2.28. The number of phenolic OH excluding ortho intramolecular Hbond substituents is 1. The van der Waals surface area contributed by atoms with Crippen LogP contribution in [0.15, 0.2) is 36.4 Å².